The van der Waals surface area contributed by atoms with Crippen molar-refractivity contribution in [2.75, 3.05) is 19.8 Å². The average molecular weight is 338 g/mol. The number of morpholine rings is 1. The highest BCUT2D eigenvalue weighted by Gasteiger charge is 2.35. The van der Waals surface area contributed by atoms with Gasteiger partial charge in [-0.1, -0.05) is 11.6 Å². The van der Waals surface area contributed by atoms with Gasteiger partial charge in [-0.25, -0.2) is 12.8 Å². The molecule has 0 radical (unpaired) electrons. The zero-order chi connectivity index (χ0) is 15.6. The van der Waals surface area contributed by atoms with Gasteiger partial charge in [0.2, 0.25) is 10.0 Å². The van der Waals surface area contributed by atoms with Crippen LogP contribution in [-0.4, -0.2) is 49.6 Å². The fourth-order valence-electron chi connectivity index (χ4n) is 2.13. The van der Waals surface area contributed by atoms with E-state index >= 15 is 0 Å². The number of aliphatic carboxylic acids is 1. The summed E-state index contributed by atoms with van der Waals surface area (Å²) >= 11 is 5.67. The van der Waals surface area contributed by atoms with Crippen molar-refractivity contribution in [1.82, 2.24) is 4.31 Å². The summed E-state index contributed by atoms with van der Waals surface area (Å²) in [4.78, 5) is 10.5. The largest absolute Gasteiger partial charge is 0.481 e. The summed E-state index contributed by atoms with van der Waals surface area (Å²) in [5.74, 6) is -1.91. The molecule has 0 aliphatic carbocycles. The highest BCUT2D eigenvalue weighted by Crippen LogP contribution is 2.25. The van der Waals surface area contributed by atoms with E-state index in [9.17, 15) is 17.6 Å². The average Bonchev–Trinajstić information content (AvgIpc) is 2.37. The van der Waals surface area contributed by atoms with Gasteiger partial charge in [0.15, 0.2) is 0 Å². The third-order valence-corrected chi connectivity index (χ3v) is 5.17. The predicted molar refractivity (Wildman–Crippen MR) is 72.2 cm³/mol. The molecule has 1 aromatic rings. The molecule has 0 aromatic heterocycles. The number of hydrogen-bond donors (Lipinski definition) is 1. The van der Waals surface area contributed by atoms with Gasteiger partial charge < -0.3 is 9.84 Å². The van der Waals surface area contributed by atoms with Crippen molar-refractivity contribution in [1.29, 1.82) is 0 Å². The molecule has 1 aliphatic heterocycles. The van der Waals surface area contributed by atoms with Crippen LogP contribution in [0.3, 0.4) is 0 Å². The van der Waals surface area contributed by atoms with E-state index < -0.39 is 27.9 Å². The molecule has 2 rings (SSSR count). The van der Waals surface area contributed by atoms with Gasteiger partial charge in [-0.05, 0) is 18.2 Å². The molecule has 0 spiro atoms. The van der Waals surface area contributed by atoms with Crippen molar-refractivity contribution in [2.45, 2.75) is 17.4 Å². The molecular formula is C12H13ClFNO5S. The van der Waals surface area contributed by atoms with Crippen LogP contribution in [0.15, 0.2) is 23.1 Å². The van der Waals surface area contributed by atoms with Gasteiger partial charge in [-0.2, -0.15) is 4.31 Å². The first-order valence-electron chi connectivity index (χ1n) is 6.08. The zero-order valence-corrected chi connectivity index (χ0v) is 12.4. The van der Waals surface area contributed by atoms with Crippen LogP contribution < -0.4 is 0 Å². The van der Waals surface area contributed by atoms with Gasteiger partial charge in [0.05, 0.1) is 30.6 Å². The quantitative estimate of drug-likeness (QED) is 0.896. The molecule has 21 heavy (non-hydrogen) atoms. The molecule has 1 fully saturated rings. The Kier molecular flexibility index (Phi) is 4.82. The number of benzene rings is 1. The van der Waals surface area contributed by atoms with Crippen LogP contribution in [0.4, 0.5) is 4.39 Å². The maximum absolute atomic E-state index is 13.3. The summed E-state index contributed by atoms with van der Waals surface area (Å²) in [6.07, 6.45) is -0.387. The number of ether oxygens (including phenoxy) is 1. The van der Waals surface area contributed by atoms with Gasteiger partial charge in [-0.15, -0.1) is 0 Å². The SMILES string of the molecule is O=C(O)CC1COCCN1S(=O)(=O)c1cc(F)cc(Cl)c1. The first-order valence-corrected chi connectivity index (χ1v) is 7.90. The summed E-state index contributed by atoms with van der Waals surface area (Å²) in [7, 11) is -4.04. The normalized spacial score (nSPS) is 20.4. The minimum atomic E-state index is -4.04. The van der Waals surface area contributed by atoms with Crippen LogP contribution >= 0.6 is 11.6 Å². The van der Waals surface area contributed by atoms with E-state index in [2.05, 4.69) is 0 Å². The number of carboxylic acid groups (broad SMARTS) is 1. The van der Waals surface area contributed by atoms with Crippen molar-refractivity contribution in [3.8, 4) is 0 Å². The lowest BCUT2D eigenvalue weighted by Gasteiger charge is -2.33. The Labute approximate surface area is 126 Å². The number of hydrogen-bond acceptors (Lipinski definition) is 4. The molecule has 1 saturated heterocycles. The van der Waals surface area contributed by atoms with Crippen molar-refractivity contribution >= 4 is 27.6 Å². The summed E-state index contributed by atoms with van der Waals surface area (Å²) in [6, 6.07) is 2.15. The lowest BCUT2D eigenvalue weighted by atomic mass is 10.2. The van der Waals surface area contributed by atoms with Crippen molar-refractivity contribution in [3.05, 3.63) is 29.0 Å². The van der Waals surface area contributed by atoms with E-state index in [1.54, 1.807) is 0 Å². The molecule has 1 N–H and O–H groups in total. The van der Waals surface area contributed by atoms with E-state index in [0.717, 1.165) is 22.5 Å². The summed E-state index contributed by atoms with van der Waals surface area (Å²) < 4.78 is 44.6. The van der Waals surface area contributed by atoms with E-state index in [4.69, 9.17) is 21.4 Å². The van der Waals surface area contributed by atoms with Gasteiger partial charge in [0, 0.05) is 11.6 Å². The van der Waals surface area contributed by atoms with Crippen molar-refractivity contribution < 1.29 is 27.4 Å². The number of carbonyl (C=O) groups is 1. The smallest absolute Gasteiger partial charge is 0.305 e. The Hall–Kier alpha value is -1.22. The van der Waals surface area contributed by atoms with Crippen molar-refractivity contribution in [2.24, 2.45) is 0 Å². The molecule has 1 heterocycles. The minimum absolute atomic E-state index is 0.00835. The number of rotatable bonds is 4. The molecule has 1 aromatic carbocycles. The Balaban J connectivity index is 2.37. The summed E-state index contributed by atoms with van der Waals surface area (Å²) in [6.45, 7) is 0.140. The molecule has 1 atom stereocenters. The number of nitrogens with zero attached hydrogens (tertiary/aromatic N) is 1. The Morgan fingerprint density at radius 2 is 2.19 bits per heavy atom. The summed E-state index contributed by atoms with van der Waals surface area (Å²) in [5.41, 5.74) is 0. The monoisotopic (exact) mass is 337 g/mol. The fourth-order valence-corrected chi connectivity index (χ4v) is 4.07. The molecule has 1 unspecified atom stereocenters. The van der Waals surface area contributed by atoms with E-state index in [1.165, 1.54) is 0 Å². The summed E-state index contributed by atoms with van der Waals surface area (Å²) in [5, 5.41) is 8.81. The Morgan fingerprint density at radius 3 is 2.81 bits per heavy atom. The number of halogens is 2. The lowest BCUT2D eigenvalue weighted by molar-refractivity contribution is -0.139. The number of sulfonamides is 1. The molecule has 9 heteroatoms. The lowest BCUT2D eigenvalue weighted by Crippen LogP contribution is -2.49. The molecule has 0 bridgehead atoms. The maximum atomic E-state index is 13.3. The van der Waals surface area contributed by atoms with E-state index in [-0.39, 0.29) is 36.1 Å². The van der Waals surface area contributed by atoms with Crippen LogP contribution in [0, 0.1) is 5.82 Å². The Morgan fingerprint density at radius 1 is 1.48 bits per heavy atom. The molecule has 6 nitrogen and oxygen atoms in total. The van der Waals surface area contributed by atoms with Gasteiger partial charge >= 0.3 is 5.97 Å². The standard InChI is InChI=1S/C12H13ClFNO5S/c13-8-3-9(14)5-11(4-8)21(18,19)15-1-2-20-7-10(15)6-12(16)17/h3-5,10H,1-2,6-7H2,(H,16,17). The van der Waals surface area contributed by atoms with Gasteiger partial charge in [0.25, 0.3) is 0 Å². The fraction of sp³-hybridized carbons (Fsp3) is 0.417. The second-order valence-electron chi connectivity index (χ2n) is 4.55. The molecule has 116 valence electrons. The Bertz CT molecular complexity index is 631. The second-order valence-corrected chi connectivity index (χ2v) is 6.87. The number of carboxylic acids is 1. The van der Waals surface area contributed by atoms with E-state index in [0.29, 0.717) is 0 Å². The maximum Gasteiger partial charge on any atom is 0.305 e. The third kappa shape index (κ3) is 3.70. The predicted octanol–water partition coefficient (Wildman–Crippen LogP) is 1.34. The second kappa shape index (κ2) is 6.27. The van der Waals surface area contributed by atoms with Crippen molar-refractivity contribution in [3.63, 3.8) is 0 Å². The van der Waals surface area contributed by atoms with Crippen LogP contribution in [0.5, 0.6) is 0 Å². The van der Waals surface area contributed by atoms with Gasteiger partial charge in [-0.3, -0.25) is 4.79 Å². The topological polar surface area (TPSA) is 83.9 Å². The van der Waals surface area contributed by atoms with Crippen LogP contribution in [0.2, 0.25) is 5.02 Å². The molecule has 1 aliphatic rings. The molecule has 0 saturated carbocycles. The van der Waals surface area contributed by atoms with E-state index in [1.807, 2.05) is 0 Å². The molecule has 0 amide bonds. The van der Waals surface area contributed by atoms with Crippen LogP contribution in [-0.2, 0) is 19.6 Å². The minimum Gasteiger partial charge on any atom is -0.481 e. The zero-order valence-electron chi connectivity index (χ0n) is 10.8. The highest BCUT2D eigenvalue weighted by atomic mass is 35.5. The van der Waals surface area contributed by atoms with Crippen LogP contribution in [0.25, 0.3) is 0 Å². The first-order chi connectivity index (χ1) is 9.80. The third-order valence-electron chi connectivity index (χ3n) is 3.03. The van der Waals surface area contributed by atoms with Gasteiger partial charge in [0.1, 0.15) is 5.82 Å². The first kappa shape index (κ1) is 16.2. The molecular weight excluding hydrogens is 325 g/mol. The highest BCUT2D eigenvalue weighted by molar-refractivity contribution is 7.89. The van der Waals surface area contributed by atoms with Crippen LogP contribution in [0.1, 0.15) is 6.42 Å².